The molecule has 6 heteroatoms. The van der Waals surface area contributed by atoms with Crippen molar-refractivity contribution >= 4 is 38.8 Å². The normalized spacial score (nSPS) is 20.0. The van der Waals surface area contributed by atoms with Crippen LogP contribution in [0.15, 0.2) is 48.5 Å². The molecular weight excluding hydrogens is 392 g/mol. The molecule has 0 unspecified atom stereocenters. The Bertz CT molecular complexity index is 976. The maximum Gasteiger partial charge on any atom is 0.238 e. The molecule has 3 aromatic rings. The summed E-state index contributed by atoms with van der Waals surface area (Å²) in [5.74, 6) is 0.0498. The van der Waals surface area contributed by atoms with Gasteiger partial charge in [0, 0.05) is 24.5 Å². The number of piperidine rings is 1. The molecule has 156 valence electrons. The number of anilines is 2. The van der Waals surface area contributed by atoms with Crippen LogP contribution < -0.4 is 10.2 Å². The van der Waals surface area contributed by atoms with Gasteiger partial charge in [-0.2, -0.15) is 0 Å². The highest BCUT2D eigenvalue weighted by molar-refractivity contribution is 7.18. The van der Waals surface area contributed by atoms with Crippen molar-refractivity contribution in [3.63, 3.8) is 0 Å². The van der Waals surface area contributed by atoms with E-state index >= 15 is 0 Å². The van der Waals surface area contributed by atoms with Crippen LogP contribution in [-0.2, 0) is 4.79 Å². The van der Waals surface area contributed by atoms with Crippen LogP contribution in [0.3, 0.4) is 0 Å². The smallest absolute Gasteiger partial charge is 0.238 e. The lowest BCUT2D eigenvalue weighted by Gasteiger charge is -2.29. The zero-order valence-corrected chi connectivity index (χ0v) is 18.0. The molecule has 1 atom stereocenters. The monoisotopic (exact) mass is 420 g/mol. The number of carbonyl (C=O) groups is 1. The second-order valence-corrected chi connectivity index (χ2v) is 9.35. The van der Waals surface area contributed by atoms with Crippen LogP contribution in [0, 0.1) is 0 Å². The third-order valence-electron chi connectivity index (χ3n) is 6.18. The predicted molar refractivity (Wildman–Crippen MR) is 124 cm³/mol. The van der Waals surface area contributed by atoms with Crippen LogP contribution >= 0.6 is 11.3 Å². The highest BCUT2D eigenvalue weighted by atomic mass is 32.1. The zero-order chi connectivity index (χ0) is 20.3. The average molecular weight is 421 g/mol. The highest BCUT2D eigenvalue weighted by Crippen LogP contribution is 2.36. The summed E-state index contributed by atoms with van der Waals surface area (Å²) in [6.07, 6.45) is 6.05. The molecule has 0 saturated carbocycles. The SMILES string of the molecule is O=C(CN1CCC[C@H]1c1nc2ccccc2s1)Nc1ccc(N2CCCCC2)cc1. The molecule has 1 aromatic heterocycles. The van der Waals surface area contributed by atoms with Gasteiger partial charge in [0.1, 0.15) is 5.01 Å². The molecule has 0 bridgehead atoms. The average Bonchev–Trinajstić information content (AvgIpc) is 3.41. The van der Waals surface area contributed by atoms with Crippen LogP contribution in [-0.4, -0.2) is 42.0 Å². The molecule has 1 amide bonds. The first kappa shape index (κ1) is 19.5. The number of benzene rings is 2. The van der Waals surface area contributed by atoms with E-state index in [1.54, 1.807) is 11.3 Å². The van der Waals surface area contributed by atoms with Gasteiger partial charge in [-0.3, -0.25) is 9.69 Å². The van der Waals surface area contributed by atoms with Gasteiger partial charge in [0.25, 0.3) is 0 Å². The molecule has 5 rings (SSSR count). The van der Waals surface area contributed by atoms with Crippen molar-refractivity contribution in [1.29, 1.82) is 0 Å². The number of fused-ring (bicyclic) bond motifs is 1. The number of likely N-dealkylation sites (tertiary alicyclic amines) is 1. The fourth-order valence-electron chi connectivity index (χ4n) is 4.62. The highest BCUT2D eigenvalue weighted by Gasteiger charge is 2.30. The molecular formula is C24H28N4OS. The quantitative estimate of drug-likeness (QED) is 0.627. The van der Waals surface area contributed by atoms with E-state index in [0.29, 0.717) is 6.54 Å². The number of para-hydroxylation sites is 1. The summed E-state index contributed by atoms with van der Waals surface area (Å²) >= 11 is 1.76. The van der Waals surface area contributed by atoms with Crippen molar-refractivity contribution in [3.05, 3.63) is 53.5 Å². The second-order valence-electron chi connectivity index (χ2n) is 8.29. The lowest BCUT2D eigenvalue weighted by atomic mass is 10.1. The van der Waals surface area contributed by atoms with E-state index in [1.165, 1.54) is 29.6 Å². The van der Waals surface area contributed by atoms with E-state index in [2.05, 4.69) is 45.4 Å². The van der Waals surface area contributed by atoms with Crippen molar-refractivity contribution in [1.82, 2.24) is 9.88 Å². The first-order valence-corrected chi connectivity index (χ1v) is 11.8. The van der Waals surface area contributed by atoms with Gasteiger partial charge in [-0.1, -0.05) is 12.1 Å². The summed E-state index contributed by atoms with van der Waals surface area (Å²) in [7, 11) is 0. The van der Waals surface area contributed by atoms with Crippen LogP contribution in [0.4, 0.5) is 11.4 Å². The fraction of sp³-hybridized carbons (Fsp3) is 0.417. The summed E-state index contributed by atoms with van der Waals surface area (Å²) < 4.78 is 1.22. The van der Waals surface area contributed by atoms with Gasteiger partial charge in [0.2, 0.25) is 5.91 Å². The van der Waals surface area contributed by atoms with Gasteiger partial charge in [0.05, 0.1) is 22.8 Å². The number of hydrogen-bond donors (Lipinski definition) is 1. The van der Waals surface area contributed by atoms with Gasteiger partial charge < -0.3 is 10.2 Å². The minimum atomic E-state index is 0.0498. The van der Waals surface area contributed by atoms with Crippen LogP contribution in [0.2, 0.25) is 0 Å². The molecule has 5 nitrogen and oxygen atoms in total. The van der Waals surface area contributed by atoms with E-state index in [1.807, 2.05) is 18.2 Å². The molecule has 3 heterocycles. The lowest BCUT2D eigenvalue weighted by molar-refractivity contribution is -0.117. The summed E-state index contributed by atoms with van der Waals surface area (Å²) in [5.41, 5.74) is 3.18. The molecule has 1 N–H and O–H groups in total. The number of nitrogens with zero attached hydrogens (tertiary/aromatic N) is 3. The fourth-order valence-corrected chi connectivity index (χ4v) is 5.76. The summed E-state index contributed by atoms with van der Waals surface area (Å²) in [4.78, 5) is 22.3. The number of carbonyl (C=O) groups excluding carboxylic acids is 1. The van der Waals surface area contributed by atoms with E-state index in [0.717, 1.165) is 48.7 Å². The van der Waals surface area contributed by atoms with Crippen molar-refractivity contribution in [3.8, 4) is 0 Å². The summed E-state index contributed by atoms with van der Waals surface area (Å²) in [6, 6.07) is 16.8. The van der Waals surface area contributed by atoms with Gasteiger partial charge in [-0.15, -0.1) is 11.3 Å². The first-order chi connectivity index (χ1) is 14.8. The summed E-state index contributed by atoms with van der Waals surface area (Å²) in [5, 5.41) is 4.21. The van der Waals surface area contributed by atoms with Gasteiger partial charge in [-0.05, 0) is 75.0 Å². The predicted octanol–water partition coefficient (Wildman–Crippen LogP) is 5.06. The van der Waals surface area contributed by atoms with Crippen LogP contribution in [0.1, 0.15) is 43.2 Å². The van der Waals surface area contributed by atoms with Gasteiger partial charge >= 0.3 is 0 Å². The Labute approximate surface area is 181 Å². The Hall–Kier alpha value is -2.44. The number of aromatic nitrogens is 1. The molecule has 0 aliphatic carbocycles. The van der Waals surface area contributed by atoms with Gasteiger partial charge in [0.15, 0.2) is 0 Å². The van der Waals surface area contributed by atoms with Crippen molar-refractivity contribution < 1.29 is 4.79 Å². The molecule has 2 fully saturated rings. The van der Waals surface area contributed by atoms with Crippen LogP contribution in [0.5, 0.6) is 0 Å². The van der Waals surface area contributed by atoms with E-state index < -0.39 is 0 Å². The Kier molecular flexibility index (Phi) is 5.69. The molecule has 2 saturated heterocycles. The topological polar surface area (TPSA) is 48.5 Å². The van der Waals surface area contributed by atoms with Crippen molar-refractivity contribution in [2.24, 2.45) is 0 Å². The maximum atomic E-state index is 12.7. The summed E-state index contributed by atoms with van der Waals surface area (Å²) in [6.45, 7) is 3.62. The standard InChI is InChI=1S/C24H28N4OS/c29-23(25-18-10-12-19(13-11-18)27-14-4-1-5-15-27)17-28-16-6-8-21(28)24-26-20-7-2-3-9-22(20)30-24/h2-3,7,9-13,21H,1,4-6,8,14-17H2,(H,25,29)/t21-/m0/s1. The second kappa shape index (κ2) is 8.74. The third kappa shape index (κ3) is 4.20. The molecule has 30 heavy (non-hydrogen) atoms. The lowest BCUT2D eigenvalue weighted by Crippen LogP contribution is -2.33. The maximum absolute atomic E-state index is 12.7. The molecule has 0 spiro atoms. The van der Waals surface area contributed by atoms with Crippen molar-refractivity contribution in [2.45, 2.75) is 38.1 Å². The number of thiazole rings is 1. The molecule has 0 radical (unpaired) electrons. The van der Waals surface area contributed by atoms with Gasteiger partial charge in [-0.25, -0.2) is 4.98 Å². The Balaban J connectivity index is 1.21. The molecule has 2 aliphatic rings. The zero-order valence-electron chi connectivity index (χ0n) is 17.2. The number of rotatable bonds is 5. The number of amides is 1. The Morgan fingerprint density at radius 2 is 1.80 bits per heavy atom. The number of nitrogens with one attached hydrogen (secondary N) is 1. The first-order valence-electron chi connectivity index (χ1n) is 11.0. The van der Waals surface area contributed by atoms with E-state index in [9.17, 15) is 4.79 Å². The minimum absolute atomic E-state index is 0.0498. The molecule has 2 aromatic carbocycles. The van der Waals surface area contributed by atoms with E-state index in [-0.39, 0.29) is 11.9 Å². The minimum Gasteiger partial charge on any atom is -0.372 e. The molecule has 2 aliphatic heterocycles. The Morgan fingerprint density at radius 1 is 1.00 bits per heavy atom. The van der Waals surface area contributed by atoms with Crippen LogP contribution in [0.25, 0.3) is 10.2 Å². The Morgan fingerprint density at radius 3 is 2.60 bits per heavy atom. The third-order valence-corrected chi connectivity index (χ3v) is 7.32. The largest absolute Gasteiger partial charge is 0.372 e. The van der Waals surface area contributed by atoms with Crippen molar-refractivity contribution in [2.75, 3.05) is 36.4 Å². The number of hydrogen-bond acceptors (Lipinski definition) is 5. The van der Waals surface area contributed by atoms with E-state index in [4.69, 9.17) is 4.98 Å².